The van der Waals surface area contributed by atoms with E-state index in [1.165, 1.54) is 0 Å². The first-order chi connectivity index (χ1) is 12.7. The highest BCUT2D eigenvalue weighted by atomic mass is 16.5. The summed E-state index contributed by atoms with van der Waals surface area (Å²) in [7, 11) is 0. The van der Waals surface area contributed by atoms with Crippen molar-refractivity contribution in [2.24, 2.45) is 0 Å². The van der Waals surface area contributed by atoms with E-state index in [4.69, 9.17) is 4.74 Å². The lowest BCUT2D eigenvalue weighted by Gasteiger charge is -2.10. The van der Waals surface area contributed by atoms with Crippen molar-refractivity contribution in [3.05, 3.63) is 48.9 Å². The number of aromatic nitrogens is 5. The molecule has 5 rings (SSSR count). The Bertz CT molecular complexity index is 1250. The molecule has 0 bridgehead atoms. The molecule has 0 aliphatic rings. The van der Waals surface area contributed by atoms with Gasteiger partial charge in [0.05, 0.1) is 24.1 Å². The number of aromatic amines is 2. The van der Waals surface area contributed by atoms with Crippen molar-refractivity contribution in [1.82, 2.24) is 24.9 Å². The van der Waals surface area contributed by atoms with Crippen LogP contribution in [0.25, 0.3) is 44.4 Å². The fourth-order valence-electron chi connectivity index (χ4n) is 3.20. The molecule has 0 unspecified atom stereocenters. The van der Waals surface area contributed by atoms with E-state index in [0.29, 0.717) is 5.65 Å². The van der Waals surface area contributed by atoms with Crippen LogP contribution in [0.15, 0.2) is 48.9 Å². The SMILES string of the molecule is CC(C)Oc1ccc2cc(-c3nc4ncc5[nH]cnc5c4[nH]3)ccc2c1. The van der Waals surface area contributed by atoms with Crippen LogP contribution in [0.4, 0.5) is 0 Å². The number of hydrogen-bond donors (Lipinski definition) is 2. The first-order valence-corrected chi connectivity index (χ1v) is 8.56. The number of H-pyrrole nitrogens is 2. The molecule has 0 atom stereocenters. The zero-order valence-corrected chi connectivity index (χ0v) is 14.4. The lowest BCUT2D eigenvalue weighted by Crippen LogP contribution is -2.05. The number of hydrogen-bond acceptors (Lipinski definition) is 4. The van der Waals surface area contributed by atoms with Gasteiger partial charge in [-0.1, -0.05) is 18.2 Å². The predicted molar refractivity (Wildman–Crippen MR) is 102 cm³/mol. The highest BCUT2D eigenvalue weighted by Crippen LogP contribution is 2.28. The summed E-state index contributed by atoms with van der Waals surface area (Å²) in [5.74, 6) is 1.67. The van der Waals surface area contributed by atoms with E-state index in [-0.39, 0.29) is 6.10 Å². The van der Waals surface area contributed by atoms with Crippen molar-refractivity contribution >= 4 is 33.0 Å². The summed E-state index contributed by atoms with van der Waals surface area (Å²) < 4.78 is 5.77. The fourth-order valence-corrected chi connectivity index (χ4v) is 3.20. The zero-order chi connectivity index (χ0) is 17.7. The van der Waals surface area contributed by atoms with Crippen LogP contribution in [-0.2, 0) is 0 Å². The number of nitrogens with one attached hydrogen (secondary N) is 2. The third kappa shape index (κ3) is 2.38. The summed E-state index contributed by atoms with van der Waals surface area (Å²) in [5.41, 5.74) is 4.27. The molecule has 0 aliphatic heterocycles. The maximum Gasteiger partial charge on any atom is 0.180 e. The van der Waals surface area contributed by atoms with Gasteiger partial charge in [-0.15, -0.1) is 0 Å². The highest BCUT2D eigenvalue weighted by Gasteiger charge is 2.11. The van der Waals surface area contributed by atoms with Crippen molar-refractivity contribution < 1.29 is 4.74 Å². The first-order valence-electron chi connectivity index (χ1n) is 8.56. The number of imidazole rings is 2. The minimum atomic E-state index is 0.161. The highest BCUT2D eigenvalue weighted by molar-refractivity contribution is 5.99. The van der Waals surface area contributed by atoms with Gasteiger partial charge >= 0.3 is 0 Å². The van der Waals surface area contributed by atoms with Crippen molar-refractivity contribution in [3.8, 4) is 17.1 Å². The second-order valence-electron chi connectivity index (χ2n) is 6.60. The first kappa shape index (κ1) is 14.9. The number of nitrogens with zero attached hydrogens (tertiary/aromatic N) is 3. The molecule has 0 saturated carbocycles. The summed E-state index contributed by atoms with van der Waals surface area (Å²) in [6.45, 7) is 4.05. The molecular formula is C20H17N5O. The lowest BCUT2D eigenvalue weighted by molar-refractivity contribution is 0.243. The quantitative estimate of drug-likeness (QED) is 0.507. The molecule has 0 amide bonds. The van der Waals surface area contributed by atoms with Gasteiger partial charge in [0.15, 0.2) is 5.65 Å². The van der Waals surface area contributed by atoms with Crippen molar-refractivity contribution in [1.29, 1.82) is 0 Å². The van der Waals surface area contributed by atoms with E-state index in [0.717, 1.165) is 44.5 Å². The Morgan fingerprint density at radius 1 is 1.00 bits per heavy atom. The molecule has 2 N–H and O–H groups in total. The number of ether oxygens (including phenoxy) is 1. The van der Waals surface area contributed by atoms with Gasteiger partial charge < -0.3 is 14.7 Å². The molecular weight excluding hydrogens is 326 g/mol. The van der Waals surface area contributed by atoms with E-state index in [9.17, 15) is 0 Å². The zero-order valence-electron chi connectivity index (χ0n) is 14.4. The van der Waals surface area contributed by atoms with Crippen LogP contribution in [0.5, 0.6) is 5.75 Å². The smallest absolute Gasteiger partial charge is 0.180 e. The van der Waals surface area contributed by atoms with Gasteiger partial charge in [-0.25, -0.2) is 15.0 Å². The van der Waals surface area contributed by atoms with E-state index >= 15 is 0 Å². The molecule has 0 spiro atoms. The van der Waals surface area contributed by atoms with Crippen molar-refractivity contribution in [2.45, 2.75) is 20.0 Å². The molecule has 128 valence electrons. The maximum absolute atomic E-state index is 5.77. The van der Waals surface area contributed by atoms with Gasteiger partial charge in [-0.2, -0.15) is 0 Å². The summed E-state index contributed by atoms with van der Waals surface area (Å²) in [6.07, 6.45) is 3.58. The number of rotatable bonds is 3. The summed E-state index contributed by atoms with van der Waals surface area (Å²) in [6, 6.07) is 12.4. The Balaban J connectivity index is 1.60. The summed E-state index contributed by atoms with van der Waals surface area (Å²) >= 11 is 0. The number of benzene rings is 2. The average molecular weight is 343 g/mol. The second kappa shape index (κ2) is 5.56. The van der Waals surface area contributed by atoms with Crippen LogP contribution in [0.2, 0.25) is 0 Å². The van der Waals surface area contributed by atoms with Crippen LogP contribution in [-0.4, -0.2) is 31.0 Å². The molecule has 5 aromatic rings. The number of pyridine rings is 1. The summed E-state index contributed by atoms with van der Waals surface area (Å²) in [5, 5.41) is 2.27. The minimum Gasteiger partial charge on any atom is -0.491 e. The Hall–Kier alpha value is -3.41. The van der Waals surface area contributed by atoms with Gasteiger partial charge in [-0.05, 0) is 42.8 Å². The molecule has 6 nitrogen and oxygen atoms in total. The molecule has 0 fully saturated rings. The van der Waals surface area contributed by atoms with Crippen LogP contribution < -0.4 is 4.74 Å². The van der Waals surface area contributed by atoms with Gasteiger partial charge in [0.1, 0.15) is 22.6 Å². The van der Waals surface area contributed by atoms with E-state index < -0.39 is 0 Å². The predicted octanol–water partition coefficient (Wildman–Crippen LogP) is 4.44. The van der Waals surface area contributed by atoms with Crippen LogP contribution in [0.3, 0.4) is 0 Å². The van der Waals surface area contributed by atoms with Crippen LogP contribution in [0, 0.1) is 0 Å². The lowest BCUT2D eigenvalue weighted by atomic mass is 10.1. The molecule has 0 radical (unpaired) electrons. The third-order valence-corrected chi connectivity index (χ3v) is 4.36. The molecule has 0 aliphatic carbocycles. The minimum absolute atomic E-state index is 0.161. The Morgan fingerprint density at radius 2 is 1.85 bits per heavy atom. The maximum atomic E-state index is 5.77. The standard InChI is InChI=1S/C20H17N5O/c1-11(2)26-15-6-5-12-7-14(4-3-13(12)8-15)19-24-18-17-16(22-10-23-17)9-21-20(18)25-19/h3-11H,1-2H3,(H,22,23)(H,21,24,25). The number of fused-ring (bicyclic) bond motifs is 4. The van der Waals surface area contributed by atoms with Gasteiger partial charge in [0.2, 0.25) is 0 Å². The van der Waals surface area contributed by atoms with Crippen molar-refractivity contribution in [3.63, 3.8) is 0 Å². The van der Waals surface area contributed by atoms with E-state index in [2.05, 4.69) is 55.3 Å². The molecule has 3 heterocycles. The fraction of sp³-hybridized carbons (Fsp3) is 0.150. The molecule has 6 heteroatoms. The van der Waals surface area contributed by atoms with E-state index in [1.807, 2.05) is 19.9 Å². The molecule has 0 saturated heterocycles. The van der Waals surface area contributed by atoms with Crippen LogP contribution in [0.1, 0.15) is 13.8 Å². The Labute approximate surface area is 149 Å². The third-order valence-electron chi connectivity index (χ3n) is 4.36. The topological polar surface area (TPSA) is 79.5 Å². The second-order valence-corrected chi connectivity index (χ2v) is 6.60. The monoisotopic (exact) mass is 343 g/mol. The van der Waals surface area contributed by atoms with Gasteiger partial charge in [0, 0.05) is 5.56 Å². The summed E-state index contributed by atoms with van der Waals surface area (Å²) in [4.78, 5) is 19.8. The largest absolute Gasteiger partial charge is 0.491 e. The molecule has 2 aromatic carbocycles. The average Bonchev–Trinajstić information content (AvgIpc) is 3.26. The van der Waals surface area contributed by atoms with E-state index in [1.54, 1.807) is 12.5 Å². The Kier molecular flexibility index (Phi) is 3.18. The molecule has 26 heavy (non-hydrogen) atoms. The normalized spacial score (nSPS) is 11.8. The van der Waals surface area contributed by atoms with Crippen molar-refractivity contribution in [2.75, 3.05) is 0 Å². The van der Waals surface area contributed by atoms with Gasteiger partial charge in [0.25, 0.3) is 0 Å². The molecule has 3 aromatic heterocycles. The van der Waals surface area contributed by atoms with Gasteiger partial charge in [-0.3, -0.25) is 0 Å². The van der Waals surface area contributed by atoms with Crippen LogP contribution >= 0.6 is 0 Å². The Morgan fingerprint density at radius 3 is 2.73 bits per heavy atom.